The molecule has 23 heavy (non-hydrogen) atoms. The smallest absolute Gasteiger partial charge is 0.241 e. The Labute approximate surface area is 143 Å². The second kappa shape index (κ2) is 9.18. The zero-order valence-corrected chi connectivity index (χ0v) is 14.2. The summed E-state index contributed by atoms with van der Waals surface area (Å²) in [5.74, 6) is 0.586. The molecule has 0 bridgehead atoms. The van der Waals surface area contributed by atoms with Gasteiger partial charge in [0.05, 0.1) is 12.1 Å². The van der Waals surface area contributed by atoms with Gasteiger partial charge in [-0.1, -0.05) is 30.3 Å². The van der Waals surface area contributed by atoms with E-state index < -0.39 is 6.04 Å². The summed E-state index contributed by atoms with van der Waals surface area (Å²) in [4.78, 5) is 12.1. The molecule has 1 atom stereocenters. The van der Waals surface area contributed by atoms with Crippen LogP contribution in [0, 0.1) is 0 Å². The third-order valence-corrected chi connectivity index (χ3v) is 3.13. The number of rotatable bonds is 6. The van der Waals surface area contributed by atoms with E-state index in [0.717, 1.165) is 11.3 Å². The Bertz CT molecular complexity index is 600. The van der Waals surface area contributed by atoms with Crippen LogP contribution in [-0.4, -0.2) is 18.1 Å². The van der Waals surface area contributed by atoms with Crippen LogP contribution in [0.5, 0.6) is 5.75 Å². The van der Waals surface area contributed by atoms with Crippen molar-refractivity contribution in [3.8, 4) is 5.75 Å². The summed E-state index contributed by atoms with van der Waals surface area (Å²) in [6.45, 7) is 3.94. The van der Waals surface area contributed by atoms with Crippen LogP contribution < -0.4 is 15.8 Å². The molecule has 2 aromatic carbocycles. The van der Waals surface area contributed by atoms with Crippen molar-refractivity contribution in [1.29, 1.82) is 0 Å². The van der Waals surface area contributed by atoms with E-state index in [2.05, 4.69) is 5.32 Å². The molecule has 1 unspecified atom stereocenters. The summed E-state index contributed by atoms with van der Waals surface area (Å²) < 4.78 is 5.56. The molecular weight excluding hydrogens is 312 g/mol. The van der Waals surface area contributed by atoms with Crippen molar-refractivity contribution in [2.75, 3.05) is 5.32 Å². The second-order valence-corrected chi connectivity index (χ2v) is 5.48. The number of anilines is 1. The third-order valence-electron chi connectivity index (χ3n) is 3.13. The van der Waals surface area contributed by atoms with E-state index in [9.17, 15) is 4.79 Å². The summed E-state index contributed by atoms with van der Waals surface area (Å²) in [5.41, 5.74) is 7.72. The maximum Gasteiger partial charge on any atom is 0.241 e. The lowest BCUT2D eigenvalue weighted by molar-refractivity contribution is -0.117. The first-order valence-corrected chi connectivity index (χ1v) is 7.41. The SMILES string of the molecule is CC(C)Oc1ccc(NC(=O)C(N)Cc2ccccc2)cc1.Cl. The highest BCUT2D eigenvalue weighted by Gasteiger charge is 2.14. The van der Waals surface area contributed by atoms with Crippen molar-refractivity contribution in [2.45, 2.75) is 32.4 Å². The summed E-state index contributed by atoms with van der Waals surface area (Å²) >= 11 is 0. The lowest BCUT2D eigenvalue weighted by Crippen LogP contribution is -2.37. The lowest BCUT2D eigenvalue weighted by Gasteiger charge is -2.13. The average molecular weight is 335 g/mol. The van der Waals surface area contributed by atoms with Crippen LogP contribution in [0.3, 0.4) is 0 Å². The van der Waals surface area contributed by atoms with E-state index in [1.54, 1.807) is 0 Å². The van der Waals surface area contributed by atoms with Crippen molar-refractivity contribution in [1.82, 2.24) is 0 Å². The molecule has 3 N–H and O–H groups in total. The molecule has 0 aliphatic heterocycles. The summed E-state index contributed by atoms with van der Waals surface area (Å²) in [5, 5.41) is 2.82. The van der Waals surface area contributed by atoms with Crippen molar-refractivity contribution in [3.05, 3.63) is 60.2 Å². The number of amides is 1. The topological polar surface area (TPSA) is 64.3 Å². The van der Waals surface area contributed by atoms with Crippen LogP contribution in [-0.2, 0) is 11.2 Å². The van der Waals surface area contributed by atoms with Gasteiger partial charge in [-0.3, -0.25) is 4.79 Å². The zero-order chi connectivity index (χ0) is 15.9. The fraction of sp³-hybridized carbons (Fsp3) is 0.278. The number of benzene rings is 2. The van der Waals surface area contributed by atoms with Crippen LogP contribution in [0.15, 0.2) is 54.6 Å². The van der Waals surface area contributed by atoms with E-state index in [4.69, 9.17) is 10.5 Å². The molecule has 2 rings (SSSR count). The Balaban J connectivity index is 0.00000264. The van der Waals surface area contributed by atoms with E-state index in [0.29, 0.717) is 12.1 Å². The monoisotopic (exact) mass is 334 g/mol. The standard InChI is InChI=1S/C18H22N2O2.ClH/c1-13(2)22-16-10-8-15(9-11-16)20-18(21)17(19)12-14-6-4-3-5-7-14;/h3-11,13,17H,12,19H2,1-2H3,(H,20,21);1H. The van der Waals surface area contributed by atoms with Crippen molar-refractivity contribution >= 4 is 24.0 Å². The molecule has 0 aliphatic rings. The number of nitrogens with two attached hydrogens (primary N) is 1. The minimum Gasteiger partial charge on any atom is -0.491 e. The molecule has 0 radical (unpaired) electrons. The van der Waals surface area contributed by atoms with Crippen molar-refractivity contribution in [3.63, 3.8) is 0 Å². The number of ether oxygens (including phenoxy) is 1. The van der Waals surface area contributed by atoms with E-state index >= 15 is 0 Å². The highest BCUT2D eigenvalue weighted by molar-refractivity contribution is 5.94. The Morgan fingerprint density at radius 1 is 1.09 bits per heavy atom. The largest absolute Gasteiger partial charge is 0.491 e. The molecule has 0 heterocycles. The van der Waals surface area contributed by atoms with Gasteiger partial charge in [-0.25, -0.2) is 0 Å². The zero-order valence-electron chi connectivity index (χ0n) is 13.4. The van der Waals surface area contributed by atoms with Gasteiger partial charge in [-0.2, -0.15) is 0 Å². The Hall–Kier alpha value is -2.04. The maximum absolute atomic E-state index is 12.1. The van der Waals surface area contributed by atoms with Gasteiger partial charge in [0, 0.05) is 5.69 Å². The second-order valence-electron chi connectivity index (χ2n) is 5.48. The number of nitrogens with one attached hydrogen (secondary N) is 1. The first-order valence-electron chi connectivity index (χ1n) is 7.41. The quantitative estimate of drug-likeness (QED) is 0.851. The van der Waals surface area contributed by atoms with Gasteiger partial charge in [0.15, 0.2) is 0 Å². The molecule has 0 spiro atoms. The minimum absolute atomic E-state index is 0. The molecular formula is C18H23ClN2O2. The van der Waals surface area contributed by atoms with Crippen LogP contribution in [0.2, 0.25) is 0 Å². The average Bonchev–Trinajstić information content (AvgIpc) is 2.49. The fourth-order valence-electron chi connectivity index (χ4n) is 2.08. The summed E-state index contributed by atoms with van der Waals surface area (Å²) in [6, 6.07) is 16.5. The normalized spacial score (nSPS) is 11.5. The number of halogens is 1. The predicted molar refractivity (Wildman–Crippen MR) is 96.2 cm³/mol. The molecule has 0 fully saturated rings. The number of hydrogen-bond donors (Lipinski definition) is 2. The van der Waals surface area contributed by atoms with Crippen molar-refractivity contribution in [2.24, 2.45) is 5.73 Å². The van der Waals surface area contributed by atoms with E-state index in [-0.39, 0.29) is 24.4 Å². The molecule has 0 aliphatic carbocycles. The van der Waals surface area contributed by atoms with Gasteiger partial charge in [0.25, 0.3) is 0 Å². The molecule has 0 aromatic heterocycles. The van der Waals surface area contributed by atoms with E-state index in [1.807, 2.05) is 68.4 Å². The lowest BCUT2D eigenvalue weighted by atomic mass is 10.1. The molecule has 0 saturated heterocycles. The Morgan fingerprint density at radius 3 is 2.26 bits per heavy atom. The molecule has 0 saturated carbocycles. The third kappa shape index (κ3) is 6.30. The van der Waals surface area contributed by atoms with Crippen LogP contribution in [0.1, 0.15) is 19.4 Å². The number of hydrogen-bond acceptors (Lipinski definition) is 3. The van der Waals surface area contributed by atoms with E-state index in [1.165, 1.54) is 0 Å². The fourth-order valence-corrected chi connectivity index (χ4v) is 2.08. The summed E-state index contributed by atoms with van der Waals surface area (Å²) in [6.07, 6.45) is 0.640. The van der Waals surface area contributed by atoms with Gasteiger partial charge in [0.2, 0.25) is 5.91 Å². The van der Waals surface area contributed by atoms with Gasteiger partial charge in [-0.15, -0.1) is 12.4 Å². The van der Waals surface area contributed by atoms with Crippen LogP contribution >= 0.6 is 12.4 Å². The summed E-state index contributed by atoms with van der Waals surface area (Å²) in [7, 11) is 0. The minimum atomic E-state index is -0.575. The van der Waals surface area contributed by atoms with Crippen LogP contribution in [0.25, 0.3) is 0 Å². The first kappa shape index (κ1) is 19.0. The van der Waals surface area contributed by atoms with Gasteiger partial charge in [0.1, 0.15) is 5.75 Å². The molecule has 2 aromatic rings. The number of carbonyl (C=O) groups is 1. The molecule has 4 nitrogen and oxygen atoms in total. The highest BCUT2D eigenvalue weighted by Crippen LogP contribution is 2.17. The number of carbonyl (C=O) groups excluding carboxylic acids is 1. The molecule has 5 heteroatoms. The van der Waals surface area contributed by atoms with Gasteiger partial charge in [-0.05, 0) is 50.1 Å². The molecule has 1 amide bonds. The Morgan fingerprint density at radius 2 is 1.70 bits per heavy atom. The maximum atomic E-state index is 12.1. The predicted octanol–water partition coefficient (Wildman–Crippen LogP) is 3.40. The highest BCUT2D eigenvalue weighted by atomic mass is 35.5. The van der Waals surface area contributed by atoms with Crippen molar-refractivity contribution < 1.29 is 9.53 Å². The van der Waals surface area contributed by atoms with Crippen LogP contribution in [0.4, 0.5) is 5.69 Å². The first-order chi connectivity index (χ1) is 10.5. The Kier molecular flexibility index (Phi) is 7.59. The van der Waals surface area contributed by atoms with Gasteiger partial charge >= 0.3 is 0 Å². The van der Waals surface area contributed by atoms with Gasteiger partial charge < -0.3 is 15.8 Å². The molecule has 124 valence electrons.